The molecule has 0 spiro atoms. The van der Waals surface area contributed by atoms with Gasteiger partial charge >= 0.3 is 0 Å². The third kappa shape index (κ3) is 4.21. The van der Waals surface area contributed by atoms with E-state index >= 15 is 0 Å². The van der Waals surface area contributed by atoms with Crippen LogP contribution >= 0.6 is 0 Å². The SMILES string of the molecule is CC(C)(C)S(=O)(=O)CCC(F)C1CCCNC1. The lowest BCUT2D eigenvalue weighted by molar-refractivity contribution is 0.187. The molecule has 1 saturated heterocycles. The maximum absolute atomic E-state index is 13.9. The van der Waals surface area contributed by atoms with Gasteiger partial charge in [-0.2, -0.15) is 0 Å². The molecule has 0 aromatic heterocycles. The van der Waals surface area contributed by atoms with Crippen LogP contribution in [0.5, 0.6) is 0 Å². The monoisotopic (exact) mass is 265 g/mol. The van der Waals surface area contributed by atoms with Crippen LogP contribution in [-0.4, -0.2) is 38.2 Å². The molecule has 0 aromatic rings. The van der Waals surface area contributed by atoms with Crippen molar-refractivity contribution in [2.45, 2.75) is 51.0 Å². The summed E-state index contributed by atoms with van der Waals surface area (Å²) in [6.07, 6.45) is 0.979. The van der Waals surface area contributed by atoms with Gasteiger partial charge in [0.2, 0.25) is 0 Å². The van der Waals surface area contributed by atoms with Crippen LogP contribution in [0.1, 0.15) is 40.0 Å². The predicted molar refractivity (Wildman–Crippen MR) is 68.6 cm³/mol. The standard InChI is InChI=1S/C12H24FNO2S/c1-12(2,3)17(15,16)8-6-11(13)10-5-4-7-14-9-10/h10-11,14H,4-9H2,1-3H3. The molecule has 0 bridgehead atoms. The maximum atomic E-state index is 13.9. The van der Waals surface area contributed by atoms with Crippen LogP contribution in [0.2, 0.25) is 0 Å². The molecule has 0 aromatic carbocycles. The second kappa shape index (κ2) is 5.65. The van der Waals surface area contributed by atoms with Crippen LogP contribution in [-0.2, 0) is 9.84 Å². The number of sulfone groups is 1. The smallest absolute Gasteiger partial charge is 0.155 e. The van der Waals surface area contributed by atoms with Crippen LogP contribution < -0.4 is 5.32 Å². The summed E-state index contributed by atoms with van der Waals surface area (Å²) in [5.41, 5.74) is 0. The maximum Gasteiger partial charge on any atom is 0.155 e. The molecule has 1 aliphatic rings. The number of halogens is 1. The summed E-state index contributed by atoms with van der Waals surface area (Å²) in [4.78, 5) is 0. The van der Waals surface area contributed by atoms with Crippen molar-refractivity contribution in [1.29, 1.82) is 0 Å². The van der Waals surface area contributed by atoms with Crippen LogP contribution in [0.25, 0.3) is 0 Å². The summed E-state index contributed by atoms with van der Waals surface area (Å²) < 4.78 is 36.8. The van der Waals surface area contributed by atoms with Crippen molar-refractivity contribution in [3.05, 3.63) is 0 Å². The third-order valence-electron chi connectivity index (χ3n) is 3.44. The molecule has 1 aliphatic heterocycles. The van der Waals surface area contributed by atoms with E-state index in [1.165, 1.54) is 0 Å². The van der Waals surface area contributed by atoms with Crippen LogP contribution in [0, 0.1) is 5.92 Å². The zero-order valence-electron chi connectivity index (χ0n) is 11.0. The molecule has 0 radical (unpaired) electrons. The Morgan fingerprint density at radius 1 is 1.41 bits per heavy atom. The van der Waals surface area contributed by atoms with E-state index in [2.05, 4.69) is 5.32 Å². The Morgan fingerprint density at radius 3 is 2.53 bits per heavy atom. The molecule has 102 valence electrons. The third-order valence-corrected chi connectivity index (χ3v) is 6.08. The second-order valence-electron chi connectivity index (χ2n) is 5.84. The molecule has 17 heavy (non-hydrogen) atoms. The molecular weight excluding hydrogens is 241 g/mol. The lowest BCUT2D eigenvalue weighted by Gasteiger charge is -2.26. The van der Waals surface area contributed by atoms with E-state index < -0.39 is 20.8 Å². The van der Waals surface area contributed by atoms with Crippen molar-refractivity contribution < 1.29 is 12.8 Å². The van der Waals surface area contributed by atoms with Gasteiger partial charge in [0.15, 0.2) is 9.84 Å². The first-order valence-electron chi connectivity index (χ1n) is 6.31. The number of nitrogens with one attached hydrogen (secondary N) is 1. The fraction of sp³-hybridized carbons (Fsp3) is 1.00. The van der Waals surface area contributed by atoms with Gasteiger partial charge in [-0.25, -0.2) is 12.8 Å². The highest BCUT2D eigenvalue weighted by molar-refractivity contribution is 7.92. The molecule has 3 nitrogen and oxygen atoms in total. The Balaban J connectivity index is 2.45. The largest absolute Gasteiger partial charge is 0.316 e. The molecule has 1 fully saturated rings. The van der Waals surface area contributed by atoms with Gasteiger partial charge in [0.25, 0.3) is 0 Å². The van der Waals surface area contributed by atoms with E-state index in [1.54, 1.807) is 20.8 Å². The van der Waals surface area contributed by atoms with E-state index in [4.69, 9.17) is 0 Å². The zero-order chi connectivity index (χ0) is 13.1. The van der Waals surface area contributed by atoms with Crippen molar-refractivity contribution in [3.8, 4) is 0 Å². The quantitative estimate of drug-likeness (QED) is 0.845. The van der Waals surface area contributed by atoms with Gasteiger partial charge in [0.1, 0.15) is 6.17 Å². The molecule has 2 unspecified atom stereocenters. The Bertz CT molecular complexity index is 329. The summed E-state index contributed by atoms with van der Waals surface area (Å²) in [5, 5.41) is 3.15. The van der Waals surface area contributed by atoms with Gasteiger partial charge in [0.05, 0.1) is 10.5 Å². The molecule has 0 amide bonds. The number of hydrogen-bond acceptors (Lipinski definition) is 3. The number of alkyl halides is 1. The minimum atomic E-state index is -3.19. The first-order valence-corrected chi connectivity index (χ1v) is 7.96. The van der Waals surface area contributed by atoms with Gasteiger partial charge in [-0.15, -0.1) is 0 Å². The zero-order valence-corrected chi connectivity index (χ0v) is 11.8. The number of rotatable bonds is 4. The van der Waals surface area contributed by atoms with Gasteiger partial charge < -0.3 is 5.32 Å². The molecule has 0 aliphatic carbocycles. The van der Waals surface area contributed by atoms with E-state index in [0.29, 0.717) is 6.54 Å². The lowest BCUT2D eigenvalue weighted by Crippen LogP contribution is -2.37. The summed E-state index contributed by atoms with van der Waals surface area (Å²) in [6, 6.07) is 0. The van der Waals surface area contributed by atoms with E-state index in [9.17, 15) is 12.8 Å². The topological polar surface area (TPSA) is 46.2 Å². The molecule has 5 heteroatoms. The number of hydrogen-bond donors (Lipinski definition) is 1. The molecule has 1 N–H and O–H groups in total. The molecule has 1 heterocycles. The minimum Gasteiger partial charge on any atom is -0.316 e. The van der Waals surface area contributed by atoms with Crippen LogP contribution in [0.15, 0.2) is 0 Å². The van der Waals surface area contributed by atoms with E-state index in [-0.39, 0.29) is 18.1 Å². The second-order valence-corrected chi connectivity index (χ2v) is 8.70. The first-order chi connectivity index (χ1) is 7.74. The van der Waals surface area contributed by atoms with Crippen molar-refractivity contribution in [1.82, 2.24) is 5.32 Å². The Hall–Kier alpha value is -0.160. The van der Waals surface area contributed by atoms with E-state index in [0.717, 1.165) is 19.4 Å². The Kier molecular flexibility index (Phi) is 4.95. The van der Waals surface area contributed by atoms with Crippen LogP contribution in [0.4, 0.5) is 4.39 Å². The highest BCUT2D eigenvalue weighted by Crippen LogP contribution is 2.23. The lowest BCUT2D eigenvalue weighted by atomic mass is 9.93. The molecule has 0 saturated carbocycles. The summed E-state index contributed by atoms with van der Waals surface area (Å²) >= 11 is 0. The average Bonchev–Trinajstić information content (AvgIpc) is 2.25. The van der Waals surface area contributed by atoms with Crippen molar-refractivity contribution in [3.63, 3.8) is 0 Å². The number of piperidine rings is 1. The fourth-order valence-electron chi connectivity index (χ4n) is 2.00. The van der Waals surface area contributed by atoms with Crippen molar-refractivity contribution in [2.24, 2.45) is 5.92 Å². The van der Waals surface area contributed by atoms with E-state index in [1.807, 2.05) is 0 Å². The predicted octanol–water partition coefficient (Wildman–Crippen LogP) is 1.93. The average molecular weight is 265 g/mol. The Labute approximate surface area is 104 Å². The van der Waals surface area contributed by atoms with Gasteiger partial charge in [0, 0.05) is 12.5 Å². The highest BCUT2D eigenvalue weighted by atomic mass is 32.2. The summed E-state index contributed by atoms with van der Waals surface area (Å²) in [5.74, 6) is -0.0623. The summed E-state index contributed by atoms with van der Waals surface area (Å²) in [7, 11) is -3.19. The van der Waals surface area contributed by atoms with Crippen molar-refractivity contribution >= 4 is 9.84 Å². The minimum absolute atomic E-state index is 0.0149. The summed E-state index contributed by atoms with van der Waals surface area (Å²) in [6.45, 7) is 6.62. The van der Waals surface area contributed by atoms with Gasteiger partial charge in [-0.1, -0.05) is 0 Å². The normalized spacial score (nSPS) is 24.6. The first kappa shape index (κ1) is 14.9. The van der Waals surface area contributed by atoms with Crippen molar-refractivity contribution in [2.75, 3.05) is 18.8 Å². The molecular formula is C12H24FNO2S. The molecule has 1 rings (SSSR count). The van der Waals surface area contributed by atoms with Gasteiger partial charge in [-0.05, 0) is 46.6 Å². The molecule has 2 atom stereocenters. The Morgan fingerprint density at radius 2 is 2.06 bits per heavy atom. The highest BCUT2D eigenvalue weighted by Gasteiger charge is 2.31. The van der Waals surface area contributed by atoms with Gasteiger partial charge in [-0.3, -0.25) is 0 Å². The van der Waals surface area contributed by atoms with Crippen LogP contribution in [0.3, 0.4) is 0 Å². The fourth-order valence-corrected chi connectivity index (χ4v) is 3.14.